The minimum Gasteiger partial charge on any atom is -0.494 e. The second kappa shape index (κ2) is 16.4. The first-order valence-electron chi connectivity index (χ1n) is 16.1. The summed E-state index contributed by atoms with van der Waals surface area (Å²) >= 11 is 6.76. The van der Waals surface area contributed by atoms with Crippen molar-refractivity contribution < 1.29 is 33.2 Å². The van der Waals surface area contributed by atoms with E-state index in [1.807, 2.05) is 37.3 Å². The van der Waals surface area contributed by atoms with Crippen molar-refractivity contribution in [2.75, 3.05) is 33.0 Å². The van der Waals surface area contributed by atoms with Gasteiger partial charge in [0.2, 0.25) is 5.79 Å². The van der Waals surface area contributed by atoms with Gasteiger partial charge in [0, 0.05) is 36.8 Å². The van der Waals surface area contributed by atoms with E-state index in [0.717, 1.165) is 67.3 Å². The zero-order valence-electron chi connectivity index (χ0n) is 26.3. The average molecular weight is 617 g/mol. The minimum absolute atomic E-state index is 0.132. The van der Waals surface area contributed by atoms with Crippen LogP contribution in [0.4, 0.5) is 0 Å². The molecule has 2 saturated heterocycles. The summed E-state index contributed by atoms with van der Waals surface area (Å²) in [5.74, 6) is -0.445. The molecular formula is C35H49ClO7. The Hall–Kier alpha value is -2.00. The molecule has 0 radical (unpaired) electrons. The molecule has 2 heterocycles. The maximum absolute atomic E-state index is 12.1. The Morgan fingerprint density at radius 2 is 1.53 bits per heavy atom. The van der Waals surface area contributed by atoms with Crippen LogP contribution in [0.5, 0.6) is 5.75 Å². The molecule has 0 unspecified atom stereocenters. The van der Waals surface area contributed by atoms with Crippen LogP contribution in [0.25, 0.3) is 0 Å². The van der Waals surface area contributed by atoms with Gasteiger partial charge in [-0.1, -0.05) is 69.8 Å². The van der Waals surface area contributed by atoms with Crippen molar-refractivity contribution in [3.8, 4) is 5.75 Å². The number of carbonyl (C=O) groups excluding carboxylic acids is 1. The van der Waals surface area contributed by atoms with Crippen molar-refractivity contribution in [2.45, 2.75) is 109 Å². The number of benzene rings is 2. The van der Waals surface area contributed by atoms with Crippen LogP contribution in [-0.2, 0) is 40.7 Å². The predicted octanol–water partition coefficient (Wildman–Crippen LogP) is 7.43. The fourth-order valence-electron chi connectivity index (χ4n) is 5.93. The standard InChI is InChI=1S/C35H49ClO7/c1-5-9-20-39-31-32(40-21-10-6-2)34(18-19-37)25-42-35(43-34,33(31)41-22-11-7-3)28-14-17-30(36)27(24-28)23-26-12-15-29(16-13-26)38-8-4/h12-17,19,24,31-33H,5-11,18,20-23,25H2,1-4H3/t31-,32-,33+,34-,35-/m0/s1. The second-order valence-corrected chi connectivity index (χ2v) is 11.9. The first-order chi connectivity index (χ1) is 21.0. The highest BCUT2D eigenvalue weighted by Gasteiger charge is 2.69. The number of unbranched alkanes of at least 4 members (excludes halogenated alkanes) is 3. The molecule has 0 aromatic heterocycles. The van der Waals surface area contributed by atoms with Gasteiger partial charge in [0.1, 0.15) is 35.9 Å². The molecule has 0 amide bonds. The van der Waals surface area contributed by atoms with Gasteiger partial charge >= 0.3 is 0 Å². The highest BCUT2D eigenvalue weighted by molar-refractivity contribution is 6.31. The normalized spacial score (nSPS) is 26.5. The first-order valence-corrected chi connectivity index (χ1v) is 16.5. The van der Waals surface area contributed by atoms with Crippen molar-refractivity contribution in [2.24, 2.45) is 0 Å². The quantitative estimate of drug-likeness (QED) is 0.120. The molecule has 8 heteroatoms. The number of hydrogen-bond donors (Lipinski definition) is 0. The Morgan fingerprint density at radius 1 is 0.884 bits per heavy atom. The van der Waals surface area contributed by atoms with Gasteiger partial charge in [-0.05, 0) is 68.0 Å². The lowest BCUT2D eigenvalue weighted by atomic mass is 9.81. The average Bonchev–Trinajstić information content (AvgIpc) is 3.36. The van der Waals surface area contributed by atoms with Crippen LogP contribution in [0.15, 0.2) is 42.5 Å². The van der Waals surface area contributed by atoms with Crippen LogP contribution >= 0.6 is 11.6 Å². The van der Waals surface area contributed by atoms with Crippen molar-refractivity contribution in [1.29, 1.82) is 0 Å². The van der Waals surface area contributed by atoms with Gasteiger partial charge in [0.15, 0.2) is 0 Å². The SMILES string of the molecule is CCCCO[C@@H]1[C@@H](OCCCC)[C@@]2(c3ccc(Cl)c(Cc4ccc(OCC)cc4)c3)OC[C@](CC=O)(O2)[C@H]1OCCCC. The molecule has 2 fully saturated rings. The van der Waals surface area contributed by atoms with E-state index in [-0.39, 0.29) is 13.0 Å². The molecule has 0 spiro atoms. The van der Waals surface area contributed by atoms with Crippen LogP contribution in [0, 0.1) is 0 Å². The monoisotopic (exact) mass is 616 g/mol. The summed E-state index contributed by atoms with van der Waals surface area (Å²) in [6.07, 6.45) is 5.72. The molecule has 0 saturated carbocycles. The van der Waals surface area contributed by atoms with Gasteiger partial charge in [-0.2, -0.15) is 0 Å². The number of fused-ring (bicyclic) bond motifs is 2. The van der Waals surface area contributed by atoms with E-state index < -0.39 is 29.7 Å². The molecule has 0 N–H and O–H groups in total. The summed E-state index contributed by atoms with van der Waals surface area (Å²) < 4.78 is 39.1. The van der Waals surface area contributed by atoms with Gasteiger partial charge in [-0.25, -0.2) is 0 Å². The highest BCUT2D eigenvalue weighted by atomic mass is 35.5. The number of aldehydes is 1. The Morgan fingerprint density at radius 3 is 2.16 bits per heavy atom. The zero-order valence-corrected chi connectivity index (χ0v) is 27.0. The molecule has 2 aliphatic heterocycles. The highest BCUT2D eigenvalue weighted by Crippen LogP contribution is 2.53. The van der Waals surface area contributed by atoms with Gasteiger partial charge in [-0.15, -0.1) is 0 Å². The third-order valence-electron chi connectivity index (χ3n) is 8.28. The van der Waals surface area contributed by atoms with E-state index in [0.29, 0.717) is 37.9 Å². The molecule has 2 aliphatic rings. The van der Waals surface area contributed by atoms with Crippen molar-refractivity contribution in [3.63, 3.8) is 0 Å². The number of ether oxygens (including phenoxy) is 6. The number of hydrogen-bond acceptors (Lipinski definition) is 7. The molecule has 43 heavy (non-hydrogen) atoms. The fraction of sp³-hybridized carbons (Fsp3) is 0.629. The topological polar surface area (TPSA) is 72.5 Å². The second-order valence-electron chi connectivity index (χ2n) is 11.5. The number of carbonyl (C=O) groups is 1. The molecule has 4 rings (SSSR count). The van der Waals surface area contributed by atoms with E-state index in [1.165, 1.54) is 0 Å². The smallest absolute Gasteiger partial charge is 0.225 e. The third-order valence-corrected chi connectivity index (χ3v) is 8.65. The van der Waals surface area contributed by atoms with Gasteiger partial charge in [0.25, 0.3) is 0 Å². The summed E-state index contributed by atoms with van der Waals surface area (Å²) in [7, 11) is 0. The van der Waals surface area contributed by atoms with Crippen LogP contribution in [0.3, 0.4) is 0 Å². The molecule has 0 aliphatic carbocycles. The molecule has 2 bridgehead atoms. The summed E-state index contributed by atoms with van der Waals surface area (Å²) in [6, 6.07) is 13.9. The van der Waals surface area contributed by atoms with E-state index in [2.05, 4.69) is 32.9 Å². The van der Waals surface area contributed by atoms with Crippen molar-refractivity contribution in [1.82, 2.24) is 0 Å². The lowest BCUT2D eigenvalue weighted by Crippen LogP contribution is -2.66. The van der Waals surface area contributed by atoms with Crippen LogP contribution in [0.1, 0.15) is 89.3 Å². The lowest BCUT2D eigenvalue weighted by Gasteiger charge is -2.50. The Balaban J connectivity index is 1.75. The molecule has 2 aromatic carbocycles. The van der Waals surface area contributed by atoms with E-state index in [9.17, 15) is 4.79 Å². The molecule has 2 aromatic rings. The van der Waals surface area contributed by atoms with E-state index in [4.69, 9.17) is 40.0 Å². The molecular weight excluding hydrogens is 568 g/mol. The van der Waals surface area contributed by atoms with Gasteiger partial charge < -0.3 is 33.2 Å². The summed E-state index contributed by atoms with van der Waals surface area (Å²) in [5, 5.41) is 0.655. The number of halogens is 1. The molecule has 238 valence electrons. The Kier molecular flexibility index (Phi) is 12.9. The minimum atomic E-state index is -1.28. The largest absolute Gasteiger partial charge is 0.494 e. The van der Waals surface area contributed by atoms with Gasteiger partial charge in [0.05, 0.1) is 13.2 Å². The van der Waals surface area contributed by atoms with E-state index in [1.54, 1.807) is 0 Å². The molecule has 7 nitrogen and oxygen atoms in total. The maximum Gasteiger partial charge on any atom is 0.225 e. The summed E-state index contributed by atoms with van der Waals surface area (Å²) in [4.78, 5) is 12.1. The van der Waals surface area contributed by atoms with Crippen LogP contribution in [-0.4, -0.2) is 63.2 Å². The summed E-state index contributed by atoms with van der Waals surface area (Å²) in [6.45, 7) is 10.8. The summed E-state index contributed by atoms with van der Waals surface area (Å²) in [5.41, 5.74) is 1.84. The fourth-order valence-corrected chi connectivity index (χ4v) is 6.11. The van der Waals surface area contributed by atoms with Gasteiger partial charge in [-0.3, -0.25) is 0 Å². The van der Waals surface area contributed by atoms with Crippen molar-refractivity contribution >= 4 is 17.9 Å². The van der Waals surface area contributed by atoms with E-state index >= 15 is 0 Å². The first kappa shape index (κ1) is 33.9. The predicted molar refractivity (Wildman–Crippen MR) is 168 cm³/mol. The number of rotatable bonds is 19. The maximum atomic E-state index is 12.1. The zero-order chi connectivity index (χ0) is 30.7. The van der Waals surface area contributed by atoms with Crippen molar-refractivity contribution in [3.05, 3.63) is 64.2 Å². The van der Waals surface area contributed by atoms with Crippen LogP contribution in [0.2, 0.25) is 5.02 Å². The Labute approximate surface area is 262 Å². The lowest BCUT2D eigenvalue weighted by molar-refractivity contribution is -0.344. The Bertz CT molecular complexity index is 1140. The molecule has 5 atom stereocenters. The third kappa shape index (κ3) is 7.81. The van der Waals surface area contributed by atoms with Crippen LogP contribution < -0.4 is 4.74 Å².